The second kappa shape index (κ2) is 7.75. The molecule has 0 aliphatic carbocycles. The van der Waals surface area contributed by atoms with E-state index in [2.05, 4.69) is 10.6 Å². The Morgan fingerprint density at radius 2 is 1.93 bits per heavy atom. The molecule has 0 aliphatic rings. The van der Waals surface area contributed by atoms with Crippen LogP contribution in [0, 0.1) is 0 Å². The summed E-state index contributed by atoms with van der Waals surface area (Å²) >= 11 is 1.63. The molecule has 5 nitrogen and oxygen atoms in total. The Morgan fingerprint density at radius 3 is 2.33 bits per heavy atom. The van der Waals surface area contributed by atoms with Gasteiger partial charge in [-0.15, -0.1) is 0 Å². The van der Waals surface area contributed by atoms with Crippen LogP contribution >= 0.6 is 22.6 Å². The van der Waals surface area contributed by atoms with Gasteiger partial charge in [-0.05, 0) is 20.4 Å². The van der Waals surface area contributed by atoms with E-state index < -0.39 is 6.04 Å². The van der Waals surface area contributed by atoms with Gasteiger partial charge in [0.25, 0.3) is 0 Å². The second-order valence-electron chi connectivity index (χ2n) is 3.20. The normalized spacial score (nSPS) is 11.9. The van der Waals surface area contributed by atoms with E-state index in [1.807, 2.05) is 0 Å². The van der Waals surface area contributed by atoms with Crippen molar-refractivity contribution < 1.29 is 14.4 Å². The molecule has 0 rings (SSSR count). The minimum Gasteiger partial charge on any atom is -0.344 e. The number of carbonyl (C=O) groups is 3. The Labute approximate surface area is 103 Å². The van der Waals surface area contributed by atoms with E-state index in [9.17, 15) is 14.4 Å². The van der Waals surface area contributed by atoms with Crippen molar-refractivity contribution in [2.45, 2.75) is 25.8 Å². The molecule has 15 heavy (non-hydrogen) atoms. The third kappa shape index (κ3) is 7.43. The number of rotatable bonds is 7. The molecule has 1 amide bonds. The van der Waals surface area contributed by atoms with Crippen molar-refractivity contribution in [1.82, 2.24) is 10.6 Å². The minimum absolute atomic E-state index is 0.0144. The lowest BCUT2D eigenvalue weighted by Crippen LogP contribution is -2.42. The van der Waals surface area contributed by atoms with Crippen molar-refractivity contribution in [3.63, 3.8) is 0 Å². The maximum absolute atomic E-state index is 11.2. The lowest BCUT2D eigenvalue weighted by atomic mass is 10.1. The zero-order chi connectivity index (χ0) is 11.8. The summed E-state index contributed by atoms with van der Waals surface area (Å²) in [6, 6.07) is -0.560. The van der Waals surface area contributed by atoms with Crippen LogP contribution in [0.2, 0.25) is 0 Å². The predicted molar refractivity (Wildman–Crippen MR) is 64.8 cm³/mol. The molecule has 0 fully saturated rings. The highest BCUT2D eigenvalue weighted by Gasteiger charge is 2.18. The fourth-order valence-corrected chi connectivity index (χ4v) is 1.46. The maximum Gasteiger partial charge on any atom is 0.234 e. The summed E-state index contributed by atoms with van der Waals surface area (Å²) in [4.78, 5) is 33.1. The molecule has 0 heterocycles. The highest BCUT2D eigenvalue weighted by molar-refractivity contribution is 14.1. The van der Waals surface area contributed by atoms with Crippen LogP contribution in [-0.4, -0.2) is 35.1 Å². The van der Waals surface area contributed by atoms with Crippen LogP contribution in [0.4, 0.5) is 0 Å². The van der Waals surface area contributed by atoms with Gasteiger partial charge in [-0.2, -0.15) is 0 Å². The standard InChI is InChI=1S/C9H15IN2O3/c1-6(13)3-4-7(9(10)15)12-8(14)5-11-2/h7,11H,3-5H2,1-2H3,(H,12,14). The van der Waals surface area contributed by atoms with Gasteiger partial charge in [-0.1, -0.05) is 0 Å². The number of ketones is 1. The molecule has 1 unspecified atom stereocenters. The van der Waals surface area contributed by atoms with Crippen LogP contribution in [-0.2, 0) is 14.4 Å². The van der Waals surface area contributed by atoms with E-state index in [-0.39, 0.29) is 22.0 Å². The number of halogens is 1. The molecule has 0 aromatic rings. The van der Waals surface area contributed by atoms with E-state index in [1.165, 1.54) is 6.92 Å². The zero-order valence-electron chi connectivity index (χ0n) is 8.80. The Balaban J connectivity index is 4.10. The molecule has 0 aromatic heterocycles. The predicted octanol–water partition coefficient (Wildman–Crippen LogP) is 0.0214. The van der Waals surface area contributed by atoms with Crippen molar-refractivity contribution in [2.24, 2.45) is 0 Å². The van der Waals surface area contributed by atoms with Gasteiger partial charge in [0.05, 0.1) is 12.6 Å². The molecule has 6 heteroatoms. The van der Waals surface area contributed by atoms with Gasteiger partial charge in [0.15, 0.2) is 0 Å². The van der Waals surface area contributed by atoms with Crippen LogP contribution in [0.25, 0.3) is 0 Å². The first kappa shape index (κ1) is 14.5. The van der Waals surface area contributed by atoms with E-state index in [1.54, 1.807) is 29.6 Å². The molecule has 0 spiro atoms. The average Bonchev–Trinajstić information content (AvgIpc) is 2.11. The largest absolute Gasteiger partial charge is 0.344 e. The van der Waals surface area contributed by atoms with Gasteiger partial charge < -0.3 is 15.4 Å². The third-order valence-electron chi connectivity index (χ3n) is 1.73. The van der Waals surface area contributed by atoms with Gasteiger partial charge in [0.1, 0.15) is 5.78 Å². The number of likely N-dealkylation sites (N-methyl/N-ethyl adjacent to an activating group) is 1. The van der Waals surface area contributed by atoms with Crippen molar-refractivity contribution in [1.29, 1.82) is 0 Å². The maximum atomic E-state index is 11.2. The van der Waals surface area contributed by atoms with E-state index >= 15 is 0 Å². The summed E-state index contributed by atoms with van der Waals surface area (Å²) in [6.07, 6.45) is 0.672. The molecule has 1 atom stereocenters. The number of Topliss-reactive ketones (excluding diaryl/α,β-unsaturated/α-hetero) is 1. The molecule has 0 bridgehead atoms. The third-order valence-corrected chi connectivity index (χ3v) is 2.48. The van der Waals surface area contributed by atoms with Crippen molar-refractivity contribution in [3.05, 3.63) is 0 Å². The van der Waals surface area contributed by atoms with Crippen molar-refractivity contribution in [2.75, 3.05) is 13.6 Å². The molecule has 0 radical (unpaired) electrons. The Morgan fingerprint density at radius 1 is 1.33 bits per heavy atom. The van der Waals surface area contributed by atoms with E-state index in [0.717, 1.165) is 0 Å². The lowest BCUT2D eigenvalue weighted by Gasteiger charge is -2.13. The number of hydrogen-bond donors (Lipinski definition) is 2. The Kier molecular flexibility index (Phi) is 7.49. The van der Waals surface area contributed by atoms with E-state index in [0.29, 0.717) is 12.8 Å². The molecule has 0 aliphatic heterocycles. The number of amides is 1. The highest BCUT2D eigenvalue weighted by Crippen LogP contribution is 2.04. The first-order valence-electron chi connectivity index (χ1n) is 4.60. The quantitative estimate of drug-likeness (QED) is 0.511. The minimum atomic E-state index is -0.560. The molecule has 0 saturated carbocycles. The van der Waals surface area contributed by atoms with E-state index in [4.69, 9.17) is 0 Å². The summed E-state index contributed by atoms with van der Waals surface area (Å²) in [5, 5.41) is 5.25. The number of nitrogens with one attached hydrogen (secondary N) is 2. The van der Waals surface area contributed by atoms with Gasteiger partial charge in [-0.25, -0.2) is 0 Å². The van der Waals surface area contributed by atoms with Crippen LogP contribution in [0.5, 0.6) is 0 Å². The first-order chi connectivity index (χ1) is 6.97. The molecule has 2 N–H and O–H groups in total. The zero-order valence-corrected chi connectivity index (χ0v) is 11.0. The Bertz CT molecular complexity index is 256. The van der Waals surface area contributed by atoms with Crippen LogP contribution in [0.3, 0.4) is 0 Å². The molecule has 86 valence electrons. The van der Waals surface area contributed by atoms with Crippen LogP contribution < -0.4 is 10.6 Å². The molecular weight excluding hydrogens is 311 g/mol. The van der Waals surface area contributed by atoms with Crippen molar-refractivity contribution >= 4 is 38.1 Å². The molecule has 0 aromatic carbocycles. The molecular formula is C9H15IN2O3. The average molecular weight is 326 g/mol. The van der Waals surface area contributed by atoms with Gasteiger partial charge in [-0.3, -0.25) is 9.59 Å². The number of carbonyl (C=O) groups excluding carboxylic acids is 3. The monoisotopic (exact) mass is 326 g/mol. The highest BCUT2D eigenvalue weighted by atomic mass is 127. The van der Waals surface area contributed by atoms with Crippen LogP contribution in [0.1, 0.15) is 19.8 Å². The molecule has 0 saturated heterocycles. The Hall–Kier alpha value is -0.500. The summed E-state index contributed by atoms with van der Waals surface area (Å²) in [6.45, 7) is 1.63. The summed E-state index contributed by atoms with van der Waals surface area (Å²) in [5.41, 5.74) is 0. The van der Waals surface area contributed by atoms with Gasteiger partial charge >= 0.3 is 0 Å². The lowest BCUT2D eigenvalue weighted by molar-refractivity contribution is -0.124. The smallest absolute Gasteiger partial charge is 0.234 e. The first-order valence-corrected chi connectivity index (χ1v) is 5.68. The fraction of sp³-hybridized carbons (Fsp3) is 0.667. The van der Waals surface area contributed by atoms with Gasteiger partial charge in [0.2, 0.25) is 9.70 Å². The summed E-state index contributed by atoms with van der Waals surface area (Å²) < 4.78 is -0.154. The summed E-state index contributed by atoms with van der Waals surface area (Å²) in [7, 11) is 1.65. The SMILES string of the molecule is CNCC(=O)NC(CCC(C)=O)C(=O)I. The second-order valence-corrected chi connectivity index (χ2v) is 4.26. The van der Waals surface area contributed by atoms with Crippen molar-refractivity contribution in [3.8, 4) is 0 Å². The topological polar surface area (TPSA) is 75.3 Å². The summed E-state index contributed by atoms with van der Waals surface area (Å²) in [5.74, 6) is -0.225. The fourth-order valence-electron chi connectivity index (χ4n) is 0.996. The van der Waals surface area contributed by atoms with Gasteiger partial charge in [0, 0.05) is 29.0 Å². The van der Waals surface area contributed by atoms with Crippen LogP contribution in [0.15, 0.2) is 0 Å². The number of hydrogen-bond acceptors (Lipinski definition) is 4.